The van der Waals surface area contributed by atoms with Gasteiger partial charge in [-0.2, -0.15) is 0 Å². The zero-order valence-electron chi connectivity index (χ0n) is 18.8. The van der Waals surface area contributed by atoms with Crippen molar-refractivity contribution in [1.29, 1.82) is 0 Å². The maximum absolute atomic E-state index is 13.7. The lowest BCUT2D eigenvalue weighted by Crippen LogP contribution is -2.67. The number of phenols is 1. The van der Waals surface area contributed by atoms with E-state index in [-0.39, 0.29) is 40.7 Å². The number of benzene rings is 1. The summed E-state index contributed by atoms with van der Waals surface area (Å²) >= 11 is 0. The van der Waals surface area contributed by atoms with Crippen LogP contribution in [0.25, 0.3) is 5.76 Å². The van der Waals surface area contributed by atoms with Crippen LogP contribution in [0.1, 0.15) is 24.5 Å². The molecule has 1 fully saturated rings. The number of rotatable bonds is 2. The number of aromatic hydroxyl groups is 1. The Morgan fingerprint density at radius 2 is 1.74 bits per heavy atom. The number of likely N-dealkylation sites (N-methyl/N-ethyl adjacent to an activating group) is 1. The standard InChI is InChI=1S/C22H24N2O8.BrH.H3N/c1-21(31)8-5-4-6-11(25)12(8)16(26)13-9(21)7-10-15(24(2)3)17(27)14(20(23)30)19(29)22(10,32)18(13)28;;/h4-6,9-10,15,25-26,29,31-32H,7H2,1-3H3,(H2,23,30);1H;1H3/t9-,10-,15-,21+,22-;;/m0../s1. The van der Waals surface area contributed by atoms with Gasteiger partial charge >= 0.3 is 0 Å². The minimum atomic E-state index is -2.75. The summed E-state index contributed by atoms with van der Waals surface area (Å²) in [6.45, 7) is 1.40. The van der Waals surface area contributed by atoms with Crippen LogP contribution in [0.5, 0.6) is 5.75 Å². The van der Waals surface area contributed by atoms with Gasteiger partial charge in [0, 0.05) is 17.4 Å². The van der Waals surface area contributed by atoms with E-state index in [4.69, 9.17) is 5.73 Å². The second-order valence-electron chi connectivity index (χ2n) is 8.96. The predicted octanol–water partition coefficient (Wildman–Crippen LogP) is 0.369. The Morgan fingerprint density at radius 3 is 2.26 bits per heavy atom. The number of nitrogens with two attached hydrogens (primary N) is 1. The monoisotopic (exact) mass is 541 g/mol. The van der Waals surface area contributed by atoms with E-state index in [1.807, 2.05) is 0 Å². The summed E-state index contributed by atoms with van der Waals surface area (Å²) in [7, 11) is 3.01. The minimum absolute atomic E-state index is 0. The summed E-state index contributed by atoms with van der Waals surface area (Å²) in [4.78, 5) is 40.0. The van der Waals surface area contributed by atoms with E-state index >= 15 is 0 Å². The maximum Gasteiger partial charge on any atom is 0.255 e. The van der Waals surface area contributed by atoms with E-state index in [9.17, 15) is 39.9 Å². The molecule has 0 saturated heterocycles. The number of amides is 1. The van der Waals surface area contributed by atoms with Gasteiger partial charge in [-0.05, 0) is 39.1 Å². The van der Waals surface area contributed by atoms with E-state index < -0.39 is 75.0 Å². The van der Waals surface area contributed by atoms with Crippen molar-refractivity contribution < 1.29 is 39.9 Å². The van der Waals surface area contributed by atoms with Crippen molar-refractivity contribution >= 4 is 40.2 Å². The highest BCUT2D eigenvalue weighted by Crippen LogP contribution is 2.57. The molecule has 1 aromatic rings. The Balaban J connectivity index is 0.00000204. The molecule has 3 aliphatic carbocycles. The normalized spacial score (nSPS) is 32.4. The number of fused-ring (bicyclic) bond motifs is 3. The predicted molar refractivity (Wildman–Crippen MR) is 125 cm³/mol. The molecule has 0 heterocycles. The average Bonchev–Trinajstić information content (AvgIpc) is 2.68. The van der Waals surface area contributed by atoms with Gasteiger partial charge in [-0.15, -0.1) is 17.0 Å². The van der Waals surface area contributed by atoms with Crippen LogP contribution in [0.15, 0.2) is 35.1 Å². The molecule has 1 amide bonds. The number of carbonyl (C=O) groups is 3. The molecule has 186 valence electrons. The van der Waals surface area contributed by atoms with Gasteiger partial charge < -0.3 is 37.4 Å². The number of ketones is 2. The Labute approximate surface area is 205 Å². The zero-order valence-corrected chi connectivity index (χ0v) is 20.5. The molecule has 0 unspecified atom stereocenters. The molecule has 1 saturated carbocycles. The lowest BCUT2D eigenvalue weighted by atomic mass is 9.54. The molecule has 10 N–H and O–H groups in total. The van der Waals surface area contributed by atoms with Crippen LogP contribution < -0.4 is 11.9 Å². The van der Waals surface area contributed by atoms with Crippen LogP contribution in [0.3, 0.4) is 0 Å². The van der Waals surface area contributed by atoms with Gasteiger partial charge in [0.2, 0.25) is 5.78 Å². The van der Waals surface area contributed by atoms with Crippen molar-refractivity contribution in [3.05, 3.63) is 46.2 Å². The highest BCUT2D eigenvalue weighted by Gasteiger charge is 2.66. The number of carbonyl (C=O) groups excluding carboxylic acids is 3. The Kier molecular flexibility index (Phi) is 6.84. The summed E-state index contributed by atoms with van der Waals surface area (Å²) < 4.78 is 0. The number of aliphatic hydroxyl groups is 4. The summed E-state index contributed by atoms with van der Waals surface area (Å²) in [6.07, 6.45) is -0.200. The van der Waals surface area contributed by atoms with Gasteiger partial charge in [0.05, 0.1) is 17.2 Å². The number of hydrogen-bond acceptors (Lipinski definition) is 10. The lowest BCUT2D eigenvalue weighted by molar-refractivity contribution is -0.159. The number of Topliss-reactive ketones (excluding diaryl/α,β-unsaturated/α-hetero) is 2. The van der Waals surface area contributed by atoms with Crippen molar-refractivity contribution in [3.8, 4) is 5.75 Å². The van der Waals surface area contributed by atoms with Crippen LogP contribution in [-0.2, 0) is 20.0 Å². The third kappa shape index (κ3) is 3.21. The highest BCUT2D eigenvalue weighted by atomic mass is 79.9. The van der Waals surface area contributed by atoms with E-state index in [0.717, 1.165) is 0 Å². The van der Waals surface area contributed by atoms with Crippen LogP contribution >= 0.6 is 17.0 Å². The number of hydrogen-bond donors (Lipinski definition) is 7. The number of nitrogens with zero attached hydrogens (tertiary/aromatic N) is 1. The molecule has 0 aromatic heterocycles. The fourth-order valence-electron chi connectivity index (χ4n) is 5.50. The lowest BCUT2D eigenvalue weighted by Gasteiger charge is -2.53. The molecule has 0 bridgehead atoms. The molecule has 0 spiro atoms. The third-order valence-corrected chi connectivity index (χ3v) is 7.02. The number of aliphatic hydroxyl groups excluding tert-OH is 2. The van der Waals surface area contributed by atoms with Crippen LogP contribution in [-0.4, -0.2) is 73.6 Å². The molecule has 5 atom stereocenters. The molecule has 0 radical (unpaired) electrons. The molecule has 3 aliphatic rings. The minimum Gasteiger partial charge on any atom is -0.508 e. The first-order valence-corrected chi connectivity index (χ1v) is 9.97. The molecule has 4 rings (SSSR count). The zero-order chi connectivity index (χ0) is 23.9. The van der Waals surface area contributed by atoms with Crippen molar-refractivity contribution in [2.24, 2.45) is 17.6 Å². The number of primary amides is 1. The van der Waals surface area contributed by atoms with Crippen LogP contribution in [0, 0.1) is 11.8 Å². The SMILES string of the molecule is Br.CN(C)[C@@H]1C(=O)C(C(N)=O)=C(O)[C@@]2(O)C(=O)C3=C(O)c4c(O)cccc4[C@@](C)(O)[C@H]3C[C@@H]12.N. The molecule has 11 nitrogen and oxygen atoms in total. The quantitative estimate of drug-likeness (QED) is 0.255. The molecular formula is C22H28BrN3O8. The molecule has 34 heavy (non-hydrogen) atoms. The average molecular weight is 542 g/mol. The topological polar surface area (TPSA) is 217 Å². The first kappa shape index (κ1) is 27.5. The maximum atomic E-state index is 13.7. The fourth-order valence-corrected chi connectivity index (χ4v) is 5.50. The molecular weight excluding hydrogens is 514 g/mol. The number of phenolic OH excluding ortho intramolecular Hbond substituents is 1. The van der Waals surface area contributed by atoms with E-state index in [1.165, 1.54) is 44.1 Å². The van der Waals surface area contributed by atoms with Gasteiger partial charge in [-0.25, -0.2) is 0 Å². The summed E-state index contributed by atoms with van der Waals surface area (Å²) in [5.74, 6) is -7.90. The van der Waals surface area contributed by atoms with Gasteiger partial charge in [-0.1, -0.05) is 12.1 Å². The van der Waals surface area contributed by atoms with Gasteiger partial charge in [-0.3, -0.25) is 19.3 Å². The van der Waals surface area contributed by atoms with Gasteiger partial charge in [0.15, 0.2) is 11.4 Å². The van der Waals surface area contributed by atoms with Crippen LogP contribution in [0.4, 0.5) is 0 Å². The molecule has 0 aliphatic heterocycles. The van der Waals surface area contributed by atoms with E-state index in [0.29, 0.717) is 0 Å². The van der Waals surface area contributed by atoms with E-state index in [2.05, 4.69) is 0 Å². The van der Waals surface area contributed by atoms with Crippen molar-refractivity contribution in [2.75, 3.05) is 14.1 Å². The first-order chi connectivity index (χ1) is 14.8. The second-order valence-corrected chi connectivity index (χ2v) is 8.96. The fraction of sp³-hybridized carbons (Fsp3) is 0.409. The highest BCUT2D eigenvalue weighted by molar-refractivity contribution is 8.93. The smallest absolute Gasteiger partial charge is 0.255 e. The number of halogens is 1. The van der Waals surface area contributed by atoms with Crippen LogP contribution in [0.2, 0.25) is 0 Å². The largest absolute Gasteiger partial charge is 0.508 e. The van der Waals surface area contributed by atoms with Gasteiger partial charge in [0.25, 0.3) is 5.91 Å². The van der Waals surface area contributed by atoms with E-state index in [1.54, 1.807) is 0 Å². The van der Waals surface area contributed by atoms with Crippen molar-refractivity contribution in [2.45, 2.75) is 30.6 Å². The van der Waals surface area contributed by atoms with Gasteiger partial charge in [0.1, 0.15) is 22.8 Å². The summed E-state index contributed by atoms with van der Waals surface area (Å²) in [5, 5.41) is 54.9. The summed E-state index contributed by atoms with van der Waals surface area (Å²) in [5.41, 5.74) is -0.548. The van der Waals surface area contributed by atoms with Crippen molar-refractivity contribution in [3.63, 3.8) is 0 Å². The first-order valence-electron chi connectivity index (χ1n) is 9.97. The van der Waals surface area contributed by atoms with Crippen molar-refractivity contribution in [1.82, 2.24) is 11.1 Å². The molecule has 12 heteroatoms. The molecule has 1 aromatic carbocycles. The Morgan fingerprint density at radius 1 is 1.15 bits per heavy atom. The third-order valence-electron chi connectivity index (χ3n) is 7.02. The second kappa shape index (κ2) is 8.47. The Bertz CT molecular complexity index is 1160. The summed E-state index contributed by atoms with van der Waals surface area (Å²) in [6, 6.07) is 3.02. The Hall–Kier alpha value is -2.77.